The zero-order valence-electron chi connectivity index (χ0n) is 15.9. The van der Waals surface area contributed by atoms with E-state index in [0.717, 1.165) is 30.7 Å². The molecule has 3 aromatic rings. The maximum absolute atomic E-state index is 12.3. The fourth-order valence-corrected chi connectivity index (χ4v) is 2.80. The van der Waals surface area contributed by atoms with Crippen LogP contribution in [0.5, 0.6) is 5.75 Å². The van der Waals surface area contributed by atoms with Crippen LogP contribution in [-0.2, 0) is 13.0 Å². The lowest BCUT2D eigenvalue weighted by atomic mass is 10.1. The van der Waals surface area contributed by atoms with Crippen LogP contribution in [0.2, 0.25) is 0 Å². The molecule has 6 heteroatoms. The summed E-state index contributed by atoms with van der Waals surface area (Å²) in [5.74, 6) is 1.05. The molecular weight excluding hydrogens is 352 g/mol. The summed E-state index contributed by atoms with van der Waals surface area (Å²) in [5, 5.41) is 6.04. The number of anilines is 1. The van der Waals surface area contributed by atoms with Crippen molar-refractivity contribution in [2.24, 2.45) is 0 Å². The lowest BCUT2D eigenvalue weighted by molar-refractivity contribution is 0.0950. The van der Waals surface area contributed by atoms with Crippen molar-refractivity contribution < 1.29 is 9.53 Å². The Morgan fingerprint density at radius 2 is 1.71 bits per heavy atom. The zero-order valence-corrected chi connectivity index (χ0v) is 15.9. The van der Waals surface area contributed by atoms with Gasteiger partial charge in [0.2, 0.25) is 5.95 Å². The highest BCUT2D eigenvalue weighted by molar-refractivity contribution is 5.93. The molecule has 144 valence electrons. The number of carbonyl (C=O) groups is 1. The molecule has 0 bridgehead atoms. The summed E-state index contributed by atoms with van der Waals surface area (Å²) in [6.45, 7) is 1.15. The van der Waals surface area contributed by atoms with Gasteiger partial charge >= 0.3 is 0 Å². The first-order valence-electron chi connectivity index (χ1n) is 9.26. The summed E-state index contributed by atoms with van der Waals surface area (Å²) in [6, 6.07) is 17.9. The number of nitrogens with zero attached hydrogens (tertiary/aromatic N) is 2. The molecule has 0 aliphatic carbocycles. The molecule has 6 nitrogen and oxygen atoms in total. The number of aromatic nitrogens is 2. The molecule has 2 aromatic carbocycles. The number of carbonyl (C=O) groups excluding carboxylic acids is 1. The molecule has 1 aromatic heterocycles. The van der Waals surface area contributed by atoms with E-state index in [2.05, 4.69) is 32.7 Å². The van der Waals surface area contributed by atoms with Crippen molar-refractivity contribution in [2.45, 2.75) is 19.4 Å². The lowest BCUT2D eigenvalue weighted by Gasteiger charge is -2.09. The number of ether oxygens (including phenoxy) is 1. The molecule has 0 aliphatic heterocycles. The SMILES string of the molecule is COc1ccccc1CNC(=O)c1cnc(NCCCc2ccccc2)nc1. The minimum absolute atomic E-state index is 0.221. The number of nitrogens with one attached hydrogen (secondary N) is 2. The monoisotopic (exact) mass is 376 g/mol. The summed E-state index contributed by atoms with van der Waals surface area (Å²) in [6.07, 6.45) is 5.04. The lowest BCUT2D eigenvalue weighted by Crippen LogP contribution is -2.23. The molecule has 3 rings (SSSR count). The van der Waals surface area contributed by atoms with E-state index in [9.17, 15) is 4.79 Å². The number of aryl methyl sites for hydroxylation is 1. The number of benzene rings is 2. The van der Waals surface area contributed by atoms with Gasteiger partial charge in [-0.25, -0.2) is 9.97 Å². The largest absolute Gasteiger partial charge is 0.496 e. The van der Waals surface area contributed by atoms with Crippen molar-refractivity contribution >= 4 is 11.9 Å². The molecule has 0 saturated heterocycles. The fourth-order valence-electron chi connectivity index (χ4n) is 2.80. The molecular formula is C22H24N4O2. The Balaban J connectivity index is 1.45. The van der Waals surface area contributed by atoms with E-state index in [4.69, 9.17) is 4.74 Å². The van der Waals surface area contributed by atoms with Crippen LogP contribution in [-0.4, -0.2) is 29.5 Å². The summed E-state index contributed by atoms with van der Waals surface area (Å²) in [5.41, 5.74) is 2.65. The van der Waals surface area contributed by atoms with E-state index < -0.39 is 0 Å². The highest BCUT2D eigenvalue weighted by Gasteiger charge is 2.09. The number of hydrogen-bond donors (Lipinski definition) is 2. The van der Waals surface area contributed by atoms with Gasteiger partial charge in [0.05, 0.1) is 12.7 Å². The number of amides is 1. The van der Waals surface area contributed by atoms with Gasteiger partial charge in [0.25, 0.3) is 5.91 Å². The summed E-state index contributed by atoms with van der Waals surface area (Å²) in [4.78, 5) is 20.7. The van der Waals surface area contributed by atoms with E-state index in [1.165, 1.54) is 18.0 Å². The van der Waals surface area contributed by atoms with E-state index in [1.54, 1.807) is 7.11 Å². The smallest absolute Gasteiger partial charge is 0.254 e. The first-order valence-corrected chi connectivity index (χ1v) is 9.26. The quantitative estimate of drug-likeness (QED) is 0.559. The molecule has 0 aliphatic rings. The number of hydrogen-bond acceptors (Lipinski definition) is 5. The number of para-hydroxylation sites is 1. The molecule has 1 heterocycles. The molecule has 0 radical (unpaired) electrons. The van der Waals surface area contributed by atoms with E-state index >= 15 is 0 Å². The van der Waals surface area contributed by atoms with Gasteiger partial charge in [0, 0.05) is 31.0 Å². The number of rotatable bonds is 9. The van der Waals surface area contributed by atoms with Gasteiger partial charge in [-0.05, 0) is 24.5 Å². The van der Waals surface area contributed by atoms with Gasteiger partial charge in [-0.3, -0.25) is 4.79 Å². The van der Waals surface area contributed by atoms with Crippen LogP contribution in [0.4, 0.5) is 5.95 Å². The molecule has 0 atom stereocenters. The third kappa shape index (κ3) is 5.54. The third-order valence-corrected chi connectivity index (χ3v) is 4.31. The minimum atomic E-state index is -0.221. The molecule has 2 N–H and O–H groups in total. The normalized spacial score (nSPS) is 10.3. The highest BCUT2D eigenvalue weighted by atomic mass is 16.5. The Bertz CT molecular complexity index is 883. The summed E-state index contributed by atoms with van der Waals surface area (Å²) >= 11 is 0. The Kier molecular flexibility index (Phi) is 6.95. The van der Waals surface area contributed by atoms with Crippen LogP contribution in [0.25, 0.3) is 0 Å². The fraction of sp³-hybridized carbons (Fsp3) is 0.227. The predicted octanol–water partition coefficient (Wildman–Crippen LogP) is 3.46. The topological polar surface area (TPSA) is 76.1 Å². The van der Waals surface area contributed by atoms with Crippen LogP contribution in [0.3, 0.4) is 0 Å². The third-order valence-electron chi connectivity index (χ3n) is 4.31. The zero-order chi connectivity index (χ0) is 19.6. The van der Waals surface area contributed by atoms with Crippen LogP contribution >= 0.6 is 0 Å². The Hall–Kier alpha value is -3.41. The van der Waals surface area contributed by atoms with Gasteiger partial charge in [-0.1, -0.05) is 48.5 Å². The Morgan fingerprint density at radius 1 is 1.00 bits per heavy atom. The standard InChI is InChI=1S/C22H24N4O2/c1-28-20-12-6-5-11-18(20)14-24-21(27)19-15-25-22(26-16-19)23-13-7-10-17-8-3-2-4-9-17/h2-6,8-9,11-12,15-16H,7,10,13-14H2,1H3,(H,24,27)(H,23,25,26). The van der Waals surface area contributed by atoms with Crippen LogP contribution in [0, 0.1) is 0 Å². The van der Waals surface area contributed by atoms with Crippen LogP contribution in [0.15, 0.2) is 67.0 Å². The molecule has 28 heavy (non-hydrogen) atoms. The maximum Gasteiger partial charge on any atom is 0.254 e. The molecule has 1 amide bonds. The molecule has 0 unspecified atom stereocenters. The second-order valence-corrected chi connectivity index (χ2v) is 6.31. The van der Waals surface area contributed by atoms with Gasteiger partial charge in [-0.15, -0.1) is 0 Å². The van der Waals surface area contributed by atoms with Crippen LogP contribution < -0.4 is 15.4 Å². The first kappa shape index (κ1) is 19.4. The maximum atomic E-state index is 12.3. The van der Waals surface area contributed by atoms with Gasteiger partial charge in [-0.2, -0.15) is 0 Å². The number of methoxy groups -OCH3 is 1. The van der Waals surface area contributed by atoms with Crippen molar-refractivity contribution in [1.29, 1.82) is 0 Å². The van der Waals surface area contributed by atoms with Crippen molar-refractivity contribution in [3.63, 3.8) is 0 Å². The van der Waals surface area contributed by atoms with E-state index in [0.29, 0.717) is 18.1 Å². The first-order chi connectivity index (χ1) is 13.8. The highest BCUT2D eigenvalue weighted by Crippen LogP contribution is 2.16. The van der Waals surface area contributed by atoms with Crippen LogP contribution in [0.1, 0.15) is 27.9 Å². The predicted molar refractivity (Wildman–Crippen MR) is 109 cm³/mol. The van der Waals surface area contributed by atoms with Crippen molar-refractivity contribution in [2.75, 3.05) is 19.0 Å². The average Bonchev–Trinajstić information content (AvgIpc) is 2.76. The molecule has 0 spiro atoms. The van der Waals surface area contributed by atoms with Crippen molar-refractivity contribution in [3.8, 4) is 5.75 Å². The van der Waals surface area contributed by atoms with E-state index in [1.807, 2.05) is 42.5 Å². The van der Waals surface area contributed by atoms with Gasteiger partial charge < -0.3 is 15.4 Å². The average molecular weight is 376 g/mol. The summed E-state index contributed by atoms with van der Waals surface area (Å²) < 4.78 is 5.29. The second-order valence-electron chi connectivity index (χ2n) is 6.31. The van der Waals surface area contributed by atoms with Crippen molar-refractivity contribution in [1.82, 2.24) is 15.3 Å². The Morgan fingerprint density at radius 3 is 2.46 bits per heavy atom. The minimum Gasteiger partial charge on any atom is -0.496 e. The molecule has 0 fully saturated rings. The summed E-state index contributed by atoms with van der Waals surface area (Å²) in [7, 11) is 1.61. The molecule has 0 saturated carbocycles. The second kappa shape index (κ2) is 10.1. The van der Waals surface area contributed by atoms with Gasteiger partial charge in [0.1, 0.15) is 5.75 Å². The van der Waals surface area contributed by atoms with E-state index in [-0.39, 0.29) is 5.91 Å². The Labute approximate surface area is 165 Å². The van der Waals surface area contributed by atoms with Crippen molar-refractivity contribution in [3.05, 3.63) is 83.7 Å². The van der Waals surface area contributed by atoms with Gasteiger partial charge in [0.15, 0.2) is 0 Å².